The normalized spacial score (nSPS) is 14.6. The molecule has 3 rings (SSSR count). The van der Waals surface area contributed by atoms with E-state index in [1.54, 1.807) is 0 Å². The molecule has 0 aromatic heterocycles. The van der Waals surface area contributed by atoms with E-state index in [0.717, 1.165) is 0 Å². The highest BCUT2D eigenvalue weighted by Gasteiger charge is 2.22. The van der Waals surface area contributed by atoms with Crippen LogP contribution >= 0.6 is 11.6 Å². The molecule has 0 aliphatic carbocycles. The molecule has 0 atom stereocenters. The summed E-state index contributed by atoms with van der Waals surface area (Å²) in [6.07, 6.45) is 0.499. The number of piperidine rings is 1. The van der Waals surface area contributed by atoms with Gasteiger partial charge in [0, 0.05) is 36.5 Å². The van der Waals surface area contributed by atoms with Crippen molar-refractivity contribution in [3.63, 3.8) is 0 Å². The molecule has 1 fully saturated rings. The number of hydrogen-bond donors (Lipinski definition) is 3. The fourth-order valence-corrected chi connectivity index (χ4v) is 3.02. The van der Waals surface area contributed by atoms with Crippen LogP contribution in [-0.2, 0) is 0 Å². The summed E-state index contributed by atoms with van der Waals surface area (Å²) in [4.78, 5) is 26.2. The van der Waals surface area contributed by atoms with E-state index in [2.05, 4.69) is 10.6 Å². The van der Waals surface area contributed by atoms with E-state index in [9.17, 15) is 27.9 Å². The van der Waals surface area contributed by atoms with E-state index in [-0.39, 0.29) is 22.0 Å². The summed E-state index contributed by atoms with van der Waals surface area (Å²) in [7, 11) is 0. The lowest BCUT2D eigenvalue weighted by molar-refractivity contribution is 0.0970. The summed E-state index contributed by atoms with van der Waals surface area (Å²) >= 11 is 6.08. The summed E-state index contributed by atoms with van der Waals surface area (Å²) in [6.45, 7) is 0.763. The number of hydrogen-bond acceptors (Lipinski definition) is 3. The van der Waals surface area contributed by atoms with Gasteiger partial charge in [-0.2, -0.15) is 0 Å². The van der Waals surface area contributed by atoms with Gasteiger partial charge in [0.05, 0.1) is 16.8 Å². The van der Waals surface area contributed by atoms with Gasteiger partial charge in [-0.3, -0.25) is 4.79 Å². The van der Waals surface area contributed by atoms with Gasteiger partial charge in [-0.25, -0.2) is 18.0 Å². The molecule has 1 aliphatic rings. The maximum Gasteiger partial charge on any atom is 0.321 e. The zero-order chi connectivity index (χ0) is 21.1. The van der Waals surface area contributed by atoms with Crippen LogP contribution in [0.25, 0.3) is 0 Å². The highest BCUT2D eigenvalue weighted by Crippen LogP contribution is 2.25. The number of carbonyl (C=O) groups is 2. The Morgan fingerprint density at radius 1 is 1.03 bits per heavy atom. The Bertz CT molecular complexity index is 927. The number of carbonyl (C=O) groups excluding carboxylic acids is 2. The summed E-state index contributed by atoms with van der Waals surface area (Å²) < 4.78 is 39.6. The monoisotopic (exact) mass is 427 g/mol. The SMILES string of the molecule is O=C(Nc1cc(F)c(F)c(F)c1)c1ccc(Cl)c(NC(=O)N2CCC(O)CC2)c1. The third kappa shape index (κ3) is 4.99. The first-order valence-electron chi connectivity index (χ1n) is 8.74. The van der Waals surface area contributed by atoms with Gasteiger partial charge in [-0.1, -0.05) is 11.6 Å². The second-order valence-corrected chi connectivity index (χ2v) is 6.96. The third-order valence-electron chi connectivity index (χ3n) is 4.46. The Hall–Kier alpha value is -2.78. The van der Waals surface area contributed by atoms with Crippen LogP contribution in [0.5, 0.6) is 0 Å². The smallest absolute Gasteiger partial charge is 0.321 e. The molecule has 3 N–H and O–H groups in total. The summed E-state index contributed by atoms with van der Waals surface area (Å²) in [5.41, 5.74) is -0.0328. The number of urea groups is 1. The van der Waals surface area contributed by atoms with Crippen molar-refractivity contribution in [2.75, 3.05) is 23.7 Å². The van der Waals surface area contributed by atoms with Crippen molar-refractivity contribution >= 4 is 34.9 Å². The number of aliphatic hydroxyl groups is 1. The maximum absolute atomic E-state index is 13.3. The van der Waals surface area contributed by atoms with E-state index in [4.69, 9.17) is 11.6 Å². The molecule has 1 heterocycles. The van der Waals surface area contributed by atoms with Gasteiger partial charge in [0.15, 0.2) is 17.5 Å². The molecule has 0 radical (unpaired) electrons. The minimum absolute atomic E-state index is 0.0592. The Labute approximate surface area is 169 Å². The van der Waals surface area contributed by atoms with E-state index in [1.807, 2.05) is 0 Å². The molecule has 0 bridgehead atoms. The molecule has 1 aliphatic heterocycles. The van der Waals surface area contributed by atoms with E-state index < -0.39 is 35.5 Å². The first-order chi connectivity index (χ1) is 13.7. The minimum atomic E-state index is -1.63. The van der Waals surface area contributed by atoms with E-state index in [0.29, 0.717) is 38.1 Å². The second-order valence-electron chi connectivity index (χ2n) is 6.55. The number of amides is 3. The molecule has 10 heteroatoms. The molecule has 29 heavy (non-hydrogen) atoms. The van der Waals surface area contributed by atoms with Gasteiger partial charge in [-0.15, -0.1) is 0 Å². The molecular weight excluding hydrogens is 411 g/mol. The van der Waals surface area contributed by atoms with Gasteiger partial charge >= 0.3 is 6.03 Å². The van der Waals surface area contributed by atoms with Crippen LogP contribution in [0.2, 0.25) is 5.02 Å². The van der Waals surface area contributed by atoms with Crippen LogP contribution in [0.15, 0.2) is 30.3 Å². The van der Waals surface area contributed by atoms with Gasteiger partial charge in [0.25, 0.3) is 5.91 Å². The van der Waals surface area contributed by atoms with E-state index in [1.165, 1.54) is 23.1 Å². The molecule has 2 aromatic rings. The molecule has 0 unspecified atom stereocenters. The van der Waals surface area contributed by atoms with Crippen LogP contribution in [0, 0.1) is 17.5 Å². The van der Waals surface area contributed by atoms with Crippen molar-refractivity contribution in [3.05, 3.63) is 58.4 Å². The fraction of sp³-hybridized carbons (Fsp3) is 0.263. The van der Waals surface area contributed by atoms with Crippen molar-refractivity contribution in [1.29, 1.82) is 0 Å². The topological polar surface area (TPSA) is 81.7 Å². The Balaban J connectivity index is 1.72. The van der Waals surface area contributed by atoms with Gasteiger partial charge in [-0.05, 0) is 31.0 Å². The molecule has 154 valence electrons. The number of aliphatic hydroxyl groups excluding tert-OH is 1. The summed E-state index contributed by atoms with van der Waals surface area (Å²) in [5.74, 6) is -5.24. The average molecular weight is 428 g/mol. The van der Waals surface area contributed by atoms with Crippen molar-refractivity contribution in [2.45, 2.75) is 18.9 Å². The zero-order valence-electron chi connectivity index (χ0n) is 15.0. The van der Waals surface area contributed by atoms with Crippen LogP contribution < -0.4 is 10.6 Å². The lowest BCUT2D eigenvalue weighted by atomic mass is 10.1. The van der Waals surface area contributed by atoms with Crippen molar-refractivity contribution in [3.8, 4) is 0 Å². The van der Waals surface area contributed by atoms with Crippen molar-refractivity contribution in [1.82, 2.24) is 4.90 Å². The lowest BCUT2D eigenvalue weighted by Crippen LogP contribution is -2.42. The molecule has 0 spiro atoms. The summed E-state index contributed by atoms with van der Waals surface area (Å²) in [5, 5.41) is 14.6. The van der Waals surface area contributed by atoms with Crippen LogP contribution in [0.4, 0.5) is 29.3 Å². The molecule has 6 nitrogen and oxygen atoms in total. The van der Waals surface area contributed by atoms with Gasteiger partial charge in [0.1, 0.15) is 0 Å². The third-order valence-corrected chi connectivity index (χ3v) is 4.79. The lowest BCUT2D eigenvalue weighted by Gasteiger charge is -2.29. The maximum atomic E-state index is 13.3. The highest BCUT2D eigenvalue weighted by molar-refractivity contribution is 6.34. The van der Waals surface area contributed by atoms with Crippen LogP contribution in [0.3, 0.4) is 0 Å². The predicted molar refractivity (Wildman–Crippen MR) is 102 cm³/mol. The number of nitrogens with one attached hydrogen (secondary N) is 2. The quantitative estimate of drug-likeness (QED) is 0.648. The standard InChI is InChI=1S/C19H17ClF3N3O3/c20-13-2-1-10(18(28)24-11-8-14(21)17(23)15(22)9-11)7-16(13)25-19(29)26-5-3-12(27)4-6-26/h1-2,7-9,12,27H,3-6H2,(H,24,28)(H,25,29). The fourth-order valence-electron chi connectivity index (χ4n) is 2.86. The van der Waals surface area contributed by atoms with Gasteiger partial charge in [0.2, 0.25) is 0 Å². The Morgan fingerprint density at radius 2 is 1.66 bits per heavy atom. The first kappa shape index (κ1) is 20.9. The number of rotatable bonds is 3. The average Bonchev–Trinajstić information content (AvgIpc) is 2.68. The number of nitrogens with zero attached hydrogens (tertiary/aromatic N) is 1. The first-order valence-corrected chi connectivity index (χ1v) is 9.12. The van der Waals surface area contributed by atoms with Crippen molar-refractivity contribution in [2.24, 2.45) is 0 Å². The molecule has 0 saturated carbocycles. The number of likely N-dealkylation sites (tertiary alicyclic amines) is 1. The zero-order valence-corrected chi connectivity index (χ0v) is 15.8. The highest BCUT2D eigenvalue weighted by atomic mass is 35.5. The van der Waals surface area contributed by atoms with Crippen LogP contribution in [-0.4, -0.2) is 41.1 Å². The number of halogens is 4. The van der Waals surface area contributed by atoms with Crippen molar-refractivity contribution < 1.29 is 27.9 Å². The Morgan fingerprint density at radius 3 is 2.28 bits per heavy atom. The Kier molecular flexibility index (Phi) is 6.29. The summed E-state index contributed by atoms with van der Waals surface area (Å²) in [6, 6.07) is 4.93. The number of benzene rings is 2. The van der Waals surface area contributed by atoms with E-state index >= 15 is 0 Å². The largest absolute Gasteiger partial charge is 0.393 e. The van der Waals surface area contributed by atoms with Crippen LogP contribution in [0.1, 0.15) is 23.2 Å². The molecule has 3 amide bonds. The van der Waals surface area contributed by atoms with Gasteiger partial charge < -0.3 is 20.6 Å². The second kappa shape index (κ2) is 8.71. The number of anilines is 2. The molecule has 1 saturated heterocycles. The molecule has 2 aromatic carbocycles. The minimum Gasteiger partial charge on any atom is -0.393 e. The molecular formula is C19H17ClF3N3O3. The predicted octanol–water partition coefficient (Wildman–Crippen LogP) is 4.00.